The van der Waals surface area contributed by atoms with E-state index in [1.54, 1.807) is 4.90 Å². The van der Waals surface area contributed by atoms with Crippen LogP contribution >= 0.6 is 0 Å². The van der Waals surface area contributed by atoms with E-state index in [9.17, 15) is 9.90 Å². The molecule has 5 heteroatoms. The Morgan fingerprint density at radius 3 is 2.64 bits per heavy atom. The molecule has 2 unspecified atom stereocenters. The molecule has 80 valence electrons. The second-order valence-electron chi connectivity index (χ2n) is 3.85. The monoisotopic (exact) mass is 200 g/mol. The van der Waals surface area contributed by atoms with E-state index in [4.69, 9.17) is 4.74 Å². The van der Waals surface area contributed by atoms with Crippen molar-refractivity contribution in [3.8, 4) is 0 Å². The SMILES string of the molecule is O=C(NC1COCC1O)N1CCCC1. The highest BCUT2D eigenvalue weighted by Gasteiger charge is 2.29. The van der Waals surface area contributed by atoms with E-state index < -0.39 is 6.10 Å². The van der Waals surface area contributed by atoms with Gasteiger partial charge in [-0.1, -0.05) is 0 Å². The molecule has 2 N–H and O–H groups in total. The molecule has 0 saturated carbocycles. The number of aliphatic hydroxyl groups excluding tert-OH is 1. The van der Waals surface area contributed by atoms with Gasteiger partial charge >= 0.3 is 6.03 Å². The highest BCUT2D eigenvalue weighted by molar-refractivity contribution is 5.74. The van der Waals surface area contributed by atoms with Crippen molar-refractivity contribution in [3.63, 3.8) is 0 Å². The van der Waals surface area contributed by atoms with Gasteiger partial charge in [0.25, 0.3) is 0 Å². The van der Waals surface area contributed by atoms with Gasteiger partial charge in [0.05, 0.1) is 25.4 Å². The quantitative estimate of drug-likeness (QED) is 0.602. The van der Waals surface area contributed by atoms with Crippen molar-refractivity contribution in [2.45, 2.75) is 25.0 Å². The van der Waals surface area contributed by atoms with E-state index in [2.05, 4.69) is 5.32 Å². The minimum Gasteiger partial charge on any atom is -0.388 e. The number of aliphatic hydroxyl groups is 1. The second-order valence-corrected chi connectivity index (χ2v) is 3.85. The molecule has 0 aromatic rings. The molecule has 2 fully saturated rings. The first-order chi connectivity index (χ1) is 6.77. The lowest BCUT2D eigenvalue weighted by Crippen LogP contribution is -2.48. The predicted octanol–water partition coefficient (Wildman–Crippen LogP) is -0.449. The van der Waals surface area contributed by atoms with Crippen LogP contribution in [0.2, 0.25) is 0 Å². The molecule has 0 bridgehead atoms. The van der Waals surface area contributed by atoms with E-state index in [1.807, 2.05) is 0 Å². The summed E-state index contributed by atoms with van der Waals surface area (Å²) in [5.74, 6) is 0. The van der Waals surface area contributed by atoms with Gasteiger partial charge in [0.15, 0.2) is 0 Å². The standard InChI is InChI=1S/C9H16N2O3/c12-8-6-14-5-7(8)10-9(13)11-3-1-2-4-11/h7-8,12H,1-6H2,(H,10,13). The molecule has 2 rings (SSSR count). The number of nitrogens with one attached hydrogen (secondary N) is 1. The van der Waals surface area contributed by atoms with E-state index in [0.717, 1.165) is 25.9 Å². The summed E-state index contributed by atoms with van der Waals surface area (Å²) >= 11 is 0. The number of carbonyl (C=O) groups is 1. The summed E-state index contributed by atoms with van der Waals surface area (Å²) in [5.41, 5.74) is 0. The first kappa shape index (κ1) is 9.73. The number of hydrogen-bond donors (Lipinski definition) is 2. The molecule has 0 spiro atoms. The van der Waals surface area contributed by atoms with Gasteiger partial charge in [-0.15, -0.1) is 0 Å². The van der Waals surface area contributed by atoms with Crippen LogP contribution in [0.3, 0.4) is 0 Å². The lowest BCUT2D eigenvalue weighted by Gasteiger charge is -2.20. The van der Waals surface area contributed by atoms with Crippen molar-refractivity contribution < 1.29 is 14.6 Å². The zero-order chi connectivity index (χ0) is 9.97. The highest BCUT2D eigenvalue weighted by atomic mass is 16.5. The average Bonchev–Trinajstić information content (AvgIpc) is 2.77. The van der Waals surface area contributed by atoms with Crippen LogP contribution in [-0.4, -0.2) is 54.5 Å². The van der Waals surface area contributed by atoms with Crippen LogP contribution in [0.5, 0.6) is 0 Å². The Morgan fingerprint density at radius 2 is 2.07 bits per heavy atom. The van der Waals surface area contributed by atoms with Crippen LogP contribution in [0.1, 0.15) is 12.8 Å². The molecule has 0 radical (unpaired) electrons. The topological polar surface area (TPSA) is 61.8 Å². The van der Waals surface area contributed by atoms with Crippen molar-refractivity contribution in [3.05, 3.63) is 0 Å². The Labute approximate surface area is 83.0 Å². The van der Waals surface area contributed by atoms with Gasteiger partial charge in [0.2, 0.25) is 0 Å². The fourth-order valence-electron chi connectivity index (χ4n) is 1.85. The molecule has 0 aromatic heterocycles. The van der Waals surface area contributed by atoms with Crippen molar-refractivity contribution >= 4 is 6.03 Å². The van der Waals surface area contributed by atoms with Crippen LogP contribution in [0.25, 0.3) is 0 Å². The highest BCUT2D eigenvalue weighted by Crippen LogP contribution is 2.10. The summed E-state index contributed by atoms with van der Waals surface area (Å²) in [5, 5.41) is 12.2. The molecule has 0 aliphatic carbocycles. The lowest BCUT2D eigenvalue weighted by atomic mass is 10.2. The van der Waals surface area contributed by atoms with Gasteiger partial charge in [-0.05, 0) is 12.8 Å². The van der Waals surface area contributed by atoms with E-state index in [0.29, 0.717) is 13.2 Å². The summed E-state index contributed by atoms with van der Waals surface area (Å²) < 4.78 is 5.05. The van der Waals surface area contributed by atoms with Crippen LogP contribution in [0, 0.1) is 0 Å². The van der Waals surface area contributed by atoms with Crippen LogP contribution in [0.4, 0.5) is 4.79 Å². The fourth-order valence-corrected chi connectivity index (χ4v) is 1.85. The zero-order valence-corrected chi connectivity index (χ0v) is 8.11. The van der Waals surface area contributed by atoms with Crippen LogP contribution in [-0.2, 0) is 4.74 Å². The Morgan fingerprint density at radius 1 is 1.36 bits per heavy atom. The maximum Gasteiger partial charge on any atom is 0.317 e. The Hall–Kier alpha value is -0.810. The normalized spacial score (nSPS) is 32.2. The van der Waals surface area contributed by atoms with Gasteiger partial charge in [0.1, 0.15) is 0 Å². The first-order valence-corrected chi connectivity index (χ1v) is 5.08. The Balaban J connectivity index is 1.81. The van der Waals surface area contributed by atoms with Gasteiger partial charge in [-0.3, -0.25) is 0 Å². The molecule has 2 heterocycles. The number of nitrogens with zero attached hydrogens (tertiary/aromatic N) is 1. The Bertz CT molecular complexity index is 216. The summed E-state index contributed by atoms with van der Waals surface area (Å²) in [6, 6.07) is -0.305. The lowest BCUT2D eigenvalue weighted by molar-refractivity contribution is 0.122. The second kappa shape index (κ2) is 4.14. The van der Waals surface area contributed by atoms with Crippen molar-refractivity contribution in [2.24, 2.45) is 0 Å². The number of ether oxygens (including phenoxy) is 1. The third kappa shape index (κ3) is 1.99. The number of likely N-dealkylation sites (tertiary alicyclic amines) is 1. The van der Waals surface area contributed by atoms with Gasteiger partial charge < -0.3 is 20.1 Å². The minimum absolute atomic E-state index is 0.0722. The summed E-state index contributed by atoms with van der Waals surface area (Å²) in [7, 11) is 0. The van der Waals surface area contributed by atoms with Gasteiger partial charge in [-0.2, -0.15) is 0 Å². The molecule has 2 atom stereocenters. The molecule has 0 aromatic carbocycles. The summed E-state index contributed by atoms with van der Waals surface area (Å²) in [4.78, 5) is 13.4. The van der Waals surface area contributed by atoms with E-state index in [-0.39, 0.29) is 12.1 Å². The van der Waals surface area contributed by atoms with Crippen molar-refractivity contribution in [1.29, 1.82) is 0 Å². The Kier molecular flexibility index (Phi) is 2.88. The third-order valence-electron chi connectivity index (χ3n) is 2.75. The number of amides is 2. The molecular formula is C9H16N2O3. The minimum atomic E-state index is -0.554. The smallest absolute Gasteiger partial charge is 0.317 e. The fraction of sp³-hybridized carbons (Fsp3) is 0.889. The van der Waals surface area contributed by atoms with Gasteiger partial charge in [-0.25, -0.2) is 4.79 Å². The number of rotatable bonds is 1. The van der Waals surface area contributed by atoms with Gasteiger partial charge in [0, 0.05) is 13.1 Å². The maximum absolute atomic E-state index is 11.6. The van der Waals surface area contributed by atoms with Crippen molar-refractivity contribution in [1.82, 2.24) is 10.2 Å². The number of carbonyl (C=O) groups excluding carboxylic acids is 1. The molecule has 2 amide bonds. The summed E-state index contributed by atoms with van der Waals surface area (Å²) in [6.07, 6.45) is 1.61. The largest absolute Gasteiger partial charge is 0.388 e. The van der Waals surface area contributed by atoms with Crippen molar-refractivity contribution in [2.75, 3.05) is 26.3 Å². The summed E-state index contributed by atoms with van der Waals surface area (Å²) in [6.45, 7) is 2.40. The average molecular weight is 200 g/mol. The first-order valence-electron chi connectivity index (χ1n) is 5.08. The molecule has 5 nitrogen and oxygen atoms in total. The number of hydrogen-bond acceptors (Lipinski definition) is 3. The molecule has 14 heavy (non-hydrogen) atoms. The number of urea groups is 1. The molecular weight excluding hydrogens is 184 g/mol. The van der Waals surface area contributed by atoms with Crippen LogP contribution in [0.15, 0.2) is 0 Å². The van der Waals surface area contributed by atoms with Crippen LogP contribution < -0.4 is 5.32 Å². The van der Waals surface area contributed by atoms with E-state index in [1.165, 1.54) is 0 Å². The third-order valence-corrected chi connectivity index (χ3v) is 2.75. The van der Waals surface area contributed by atoms with E-state index >= 15 is 0 Å². The maximum atomic E-state index is 11.6. The molecule has 2 aliphatic rings. The molecule has 2 saturated heterocycles. The predicted molar refractivity (Wildman–Crippen MR) is 50.0 cm³/mol. The zero-order valence-electron chi connectivity index (χ0n) is 8.11. The molecule has 2 aliphatic heterocycles.